The van der Waals surface area contributed by atoms with Crippen molar-refractivity contribution >= 4 is 17.0 Å². The van der Waals surface area contributed by atoms with Gasteiger partial charge in [0.1, 0.15) is 23.0 Å². The molecular formula is C19H16N2O2S. The van der Waals surface area contributed by atoms with Crippen LogP contribution in [0.4, 0.5) is 0 Å². The minimum atomic E-state index is -0.182. The Morgan fingerprint density at radius 2 is 2.04 bits per heavy atom. The Hall–Kier alpha value is -2.53. The lowest BCUT2D eigenvalue weighted by Gasteiger charge is -2.37. The number of hydrazone groups is 1. The number of rotatable bonds is 2. The molecule has 4 heterocycles. The molecule has 0 fully saturated rings. The van der Waals surface area contributed by atoms with Crippen molar-refractivity contribution in [2.75, 3.05) is 0 Å². The zero-order valence-electron chi connectivity index (χ0n) is 13.2. The van der Waals surface area contributed by atoms with Crippen molar-refractivity contribution in [2.24, 2.45) is 5.10 Å². The van der Waals surface area contributed by atoms with E-state index in [0.29, 0.717) is 0 Å². The molecule has 2 atom stereocenters. The first-order valence-electron chi connectivity index (χ1n) is 8.01. The Balaban J connectivity index is 1.60. The summed E-state index contributed by atoms with van der Waals surface area (Å²) < 4.78 is 12.1. The predicted octanol–water partition coefficient (Wildman–Crippen LogP) is 4.89. The minimum absolute atomic E-state index is 0.182. The lowest BCUT2D eigenvalue weighted by Crippen LogP contribution is -2.33. The molecular weight excluding hydrogens is 320 g/mol. The van der Waals surface area contributed by atoms with Crippen LogP contribution < -0.4 is 4.74 Å². The highest BCUT2D eigenvalue weighted by Gasteiger charge is 2.41. The van der Waals surface area contributed by atoms with Gasteiger partial charge in [0, 0.05) is 12.0 Å². The van der Waals surface area contributed by atoms with E-state index in [4.69, 9.17) is 14.3 Å². The summed E-state index contributed by atoms with van der Waals surface area (Å²) in [4.78, 5) is 1.16. The van der Waals surface area contributed by atoms with Crippen LogP contribution in [0.1, 0.15) is 40.7 Å². The molecule has 0 unspecified atom stereocenters. The van der Waals surface area contributed by atoms with Gasteiger partial charge in [-0.25, -0.2) is 5.01 Å². The molecule has 2 aliphatic heterocycles. The van der Waals surface area contributed by atoms with Gasteiger partial charge in [-0.3, -0.25) is 0 Å². The first-order valence-corrected chi connectivity index (χ1v) is 8.89. The summed E-state index contributed by atoms with van der Waals surface area (Å²) in [5.41, 5.74) is 2.17. The highest BCUT2D eigenvalue weighted by Crippen LogP contribution is 2.48. The van der Waals surface area contributed by atoms with E-state index < -0.39 is 0 Å². The average Bonchev–Trinajstić information content (AvgIpc) is 3.34. The Morgan fingerprint density at radius 1 is 1.12 bits per heavy atom. The van der Waals surface area contributed by atoms with Crippen LogP contribution >= 0.6 is 11.3 Å². The lowest BCUT2D eigenvalue weighted by molar-refractivity contribution is -0.0165. The van der Waals surface area contributed by atoms with E-state index in [2.05, 4.69) is 34.7 Å². The largest absolute Gasteiger partial charge is 0.464 e. The molecule has 1 aromatic carbocycles. The molecule has 0 radical (unpaired) electrons. The quantitative estimate of drug-likeness (QED) is 0.668. The first kappa shape index (κ1) is 13.9. The van der Waals surface area contributed by atoms with Crippen LogP contribution in [0.2, 0.25) is 0 Å². The van der Waals surface area contributed by atoms with Crippen LogP contribution in [0, 0.1) is 6.92 Å². The normalized spacial score (nSPS) is 21.9. The lowest BCUT2D eigenvalue weighted by atomic mass is 9.98. The van der Waals surface area contributed by atoms with Crippen LogP contribution in [-0.2, 0) is 0 Å². The number of thiophene rings is 1. The van der Waals surface area contributed by atoms with Crippen LogP contribution in [-0.4, -0.2) is 10.7 Å². The third kappa shape index (κ3) is 2.08. The first-order chi connectivity index (χ1) is 11.8. The standard InChI is InChI=1S/C19H16N2O2S/c1-12-8-9-17(22-12)14-11-15-13-5-2-3-6-16(13)23-19(21(15)20-14)18-7-4-10-24-18/h2-10,15,19H,11H2,1H3/t15-,19-/m1/s1. The van der Waals surface area contributed by atoms with Crippen molar-refractivity contribution < 1.29 is 9.15 Å². The van der Waals surface area contributed by atoms with Crippen LogP contribution in [0.15, 0.2) is 63.4 Å². The maximum atomic E-state index is 6.28. The number of nitrogens with zero attached hydrogens (tertiary/aromatic N) is 2. The molecule has 0 aliphatic carbocycles. The number of furan rings is 1. The topological polar surface area (TPSA) is 38.0 Å². The smallest absolute Gasteiger partial charge is 0.222 e. The number of para-hydroxylation sites is 1. The van der Waals surface area contributed by atoms with Gasteiger partial charge in [0.2, 0.25) is 6.23 Å². The average molecular weight is 336 g/mol. The summed E-state index contributed by atoms with van der Waals surface area (Å²) in [7, 11) is 0. The van der Waals surface area contributed by atoms with Crippen molar-refractivity contribution in [1.29, 1.82) is 0 Å². The van der Waals surface area contributed by atoms with Gasteiger partial charge in [0.25, 0.3) is 0 Å². The molecule has 2 aromatic heterocycles. The Labute approximate surface area is 144 Å². The van der Waals surface area contributed by atoms with E-state index in [9.17, 15) is 0 Å². The van der Waals surface area contributed by atoms with Crippen molar-refractivity contribution in [2.45, 2.75) is 25.6 Å². The summed E-state index contributed by atoms with van der Waals surface area (Å²) in [6.45, 7) is 1.96. The highest BCUT2D eigenvalue weighted by molar-refractivity contribution is 7.10. The number of hydrogen-bond acceptors (Lipinski definition) is 5. The molecule has 0 spiro atoms. The number of ether oxygens (including phenoxy) is 1. The van der Waals surface area contributed by atoms with Gasteiger partial charge >= 0.3 is 0 Å². The van der Waals surface area contributed by atoms with Crippen molar-refractivity contribution in [1.82, 2.24) is 5.01 Å². The summed E-state index contributed by atoms with van der Waals surface area (Å²) in [5, 5.41) is 9.03. The maximum Gasteiger partial charge on any atom is 0.222 e. The summed E-state index contributed by atoms with van der Waals surface area (Å²) in [6, 6.07) is 16.6. The van der Waals surface area contributed by atoms with Crippen LogP contribution in [0.5, 0.6) is 5.75 Å². The van der Waals surface area contributed by atoms with Gasteiger partial charge in [-0.1, -0.05) is 24.3 Å². The van der Waals surface area contributed by atoms with Gasteiger partial charge in [-0.05, 0) is 36.6 Å². The van der Waals surface area contributed by atoms with Crippen LogP contribution in [0.3, 0.4) is 0 Å². The van der Waals surface area contributed by atoms with E-state index in [-0.39, 0.29) is 12.3 Å². The fraction of sp³-hybridized carbons (Fsp3) is 0.211. The molecule has 24 heavy (non-hydrogen) atoms. The van der Waals surface area contributed by atoms with Crippen LogP contribution in [0.25, 0.3) is 0 Å². The molecule has 5 heteroatoms. The molecule has 0 amide bonds. The molecule has 0 saturated heterocycles. The third-order valence-corrected chi connectivity index (χ3v) is 5.41. The highest BCUT2D eigenvalue weighted by atomic mass is 32.1. The van der Waals surface area contributed by atoms with E-state index in [0.717, 1.165) is 34.3 Å². The molecule has 4 nitrogen and oxygen atoms in total. The van der Waals surface area contributed by atoms with E-state index in [1.807, 2.05) is 31.2 Å². The van der Waals surface area contributed by atoms with Gasteiger partial charge in [-0.15, -0.1) is 11.3 Å². The molecule has 5 rings (SSSR count). The number of benzene rings is 1. The second-order valence-corrected chi connectivity index (χ2v) is 7.06. The van der Waals surface area contributed by atoms with Crippen molar-refractivity contribution in [3.63, 3.8) is 0 Å². The summed E-state index contributed by atoms with van der Waals surface area (Å²) in [5.74, 6) is 2.71. The molecule has 0 N–H and O–H groups in total. The van der Waals surface area contributed by atoms with Crippen molar-refractivity contribution in [3.8, 4) is 5.75 Å². The van der Waals surface area contributed by atoms with Gasteiger partial charge in [0.05, 0.1) is 10.9 Å². The van der Waals surface area contributed by atoms with Gasteiger partial charge in [0.15, 0.2) is 0 Å². The van der Waals surface area contributed by atoms with Crippen molar-refractivity contribution in [3.05, 3.63) is 75.9 Å². The number of aryl methyl sites for hydroxylation is 1. The fourth-order valence-electron chi connectivity index (χ4n) is 3.39. The van der Waals surface area contributed by atoms with E-state index in [1.165, 1.54) is 5.56 Å². The molecule has 120 valence electrons. The number of hydrogen-bond donors (Lipinski definition) is 0. The fourth-order valence-corrected chi connectivity index (χ4v) is 4.14. The second-order valence-electron chi connectivity index (χ2n) is 6.08. The summed E-state index contributed by atoms with van der Waals surface area (Å²) in [6.07, 6.45) is 0.647. The molecule has 2 aliphatic rings. The molecule has 3 aromatic rings. The minimum Gasteiger partial charge on any atom is -0.464 e. The zero-order valence-corrected chi connectivity index (χ0v) is 14.0. The molecule has 0 saturated carbocycles. The van der Waals surface area contributed by atoms with Gasteiger partial charge < -0.3 is 9.15 Å². The van der Waals surface area contributed by atoms with Gasteiger partial charge in [-0.2, -0.15) is 5.10 Å². The third-order valence-electron chi connectivity index (χ3n) is 4.51. The Bertz CT molecular complexity index is 913. The monoisotopic (exact) mass is 336 g/mol. The van der Waals surface area contributed by atoms with E-state index in [1.54, 1.807) is 11.3 Å². The maximum absolute atomic E-state index is 6.28. The second kappa shape index (κ2) is 5.24. The Kier molecular flexibility index (Phi) is 3.03. The Morgan fingerprint density at radius 3 is 2.83 bits per heavy atom. The molecule has 0 bridgehead atoms. The van der Waals surface area contributed by atoms with E-state index >= 15 is 0 Å². The SMILES string of the molecule is Cc1ccc(C2=NN3[C@H](C2)c2ccccc2O[C@@H]3c2cccs2)o1. The number of fused-ring (bicyclic) bond motifs is 3. The summed E-state index contributed by atoms with van der Waals surface area (Å²) >= 11 is 1.69. The predicted molar refractivity (Wildman–Crippen MR) is 93.3 cm³/mol. The zero-order chi connectivity index (χ0) is 16.1.